The van der Waals surface area contributed by atoms with Crippen LogP contribution >= 0.6 is 0 Å². The van der Waals surface area contributed by atoms with Gasteiger partial charge < -0.3 is 11.1 Å². The van der Waals surface area contributed by atoms with Gasteiger partial charge in [0, 0.05) is 37.1 Å². The van der Waals surface area contributed by atoms with Gasteiger partial charge in [0.05, 0.1) is 5.56 Å². The lowest BCUT2D eigenvalue weighted by Gasteiger charge is -2.27. The van der Waals surface area contributed by atoms with Gasteiger partial charge in [-0.3, -0.25) is 10.1 Å². The van der Waals surface area contributed by atoms with Crippen molar-refractivity contribution in [1.29, 1.82) is 0 Å². The first-order valence-electron chi connectivity index (χ1n) is 12.0. The van der Waals surface area contributed by atoms with E-state index in [2.05, 4.69) is 42.6 Å². The van der Waals surface area contributed by atoms with E-state index in [-0.39, 0.29) is 0 Å². The van der Waals surface area contributed by atoms with E-state index in [0.717, 1.165) is 59.6 Å². The number of aromatic nitrogens is 5. The van der Waals surface area contributed by atoms with Crippen LogP contribution in [0.2, 0.25) is 0 Å². The number of anilines is 1. The quantitative estimate of drug-likeness (QED) is 0.443. The summed E-state index contributed by atoms with van der Waals surface area (Å²) in [5, 5.41) is 10.9. The van der Waals surface area contributed by atoms with Crippen LogP contribution in [0, 0.1) is 6.92 Å². The third kappa shape index (κ3) is 6.14. The number of nitrogens with one attached hydrogen (secondary N) is 2. The molecule has 4 rings (SSSR count). The summed E-state index contributed by atoms with van der Waals surface area (Å²) in [6.07, 6.45) is 9.76. The number of allylic oxidation sites excluding steroid dienone is 2. The first-order valence-corrected chi connectivity index (χ1v) is 12.0. The summed E-state index contributed by atoms with van der Waals surface area (Å²) in [7, 11) is 1.77. The minimum absolute atomic E-state index is 0.291. The molecule has 2 aromatic heterocycles. The topological polar surface area (TPSA) is 118 Å². The lowest BCUT2D eigenvalue weighted by Crippen LogP contribution is -2.33. The van der Waals surface area contributed by atoms with Crippen LogP contribution in [0.3, 0.4) is 0 Å². The minimum Gasteiger partial charge on any atom is -0.367 e. The Kier molecular flexibility index (Phi) is 9.04. The van der Waals surface area contributed by atoms with E-state index in [0.29, 0.717) is 23.7 Å². The predicted octanol–water partition coefficient (Wildman–Crippen LogP) is 5.05. The van der Waals surface area contributed by atoms with E-state index in [4.69, 9.17) is 10.7 Å². The fourth-order valence-corrected chi connectivity index (χ4v) is 4.01. The highest BCUT2D eigenvalue weighted by Crippen LogP contribution is 2.29. The summed E-state index contributed by atoms with van der Waals surface area (Å²) in [5.41, 5.74) is 9.95. The zero-order chi connectivity index (χ0) is 24.5. The number of hydrogen-bond acceptors (Lipinski definition) is 7. The van der Waals surface area contributed by atoms with Crippen LogP contribution in [0.15, 0.2) is 41.5 Å². The third-order valence-corrected chi connectivity index (χ3v) is 5.77. The molecule has 2 heterocycles. The van der Waals surface area contributed by atoms with Crippen LogP contribution in [0.1, 0.15) is 57.8 Å². The van der Waals surface area contributed by atoms with Gasteiger partial charge in [-0.2, -0.15) is 5.10 Å². The predicted molar refractivity (Wildman–Crippen MR) is 141 cm³/mol. The molecule has 1 aliphatic rings. The van der Waals surface area contributed by atoms with Crippen molar-refractivity contribution >= 4 is 17.6 Å². The Bertz CT molecular complexity index is 1120. The highest BCUT2D eigenvalue weighted by atomic mass is 15.2. The number of rotatable bonds is 6. The summed E-state index contributed by atoms with van der Waals surface area (Å²) < 4.78 is 0. The molecule has 0 aliphatic heterocycles. The second-order valence-corrected chi connectivity index (χ2v) is 8.17. The fraction of sp³-hybridized carbons (Fsp3) is 0.423. The molecular weight excluding hydrogens is 424 g/mol. The van der Waals surface area contributed by atoms with E-state index >= 15 is 0 Å². The molecule has 1 aromatic carbocycles. The van der Waals surface area contributed by atoms with Gasteiger partial charge in [-0.1, -0.05) is 38.1 Å². The standard InChI is InChI=1S/C24H30N8.C2H6/c1-4-16(13-26-3)17-6-5-7-18(12-17)22-27-14-21(24-28-15(2)31-32-24)23(30-22)29-20-10-8-19(25)9-11-20;1-2/h4-7,12-14,19-20H,8-11,25H2,1-3H3,(H,27,29,30)(H,28,31,32);1-2H3/b16-4+,26-13?;. The molecule has 0 atom stereocenters. The number of H-pyrrole nitrogens is 1. The van der Waals surface area contributed by atoms with E-state index in [9.17, 15) is 0 Å². The van der Waals surface area contributed by atoms with Crippen LogP contribution in [0.4, 0.5) is 5.82 Å². The van der Waals surface area contributed by atoms with Crippen molar-refractivity contribution in [2.24, 2.45) is 10.7 Å². The van der Waals surface area contributed by atoms with Gasteiger partial charge in [0.2, 0.25) is 0 Å². The lowest BCUT2D eigenvalue weighted by atomic mass is 9.92. The third-order valence-electron chi connectivity index (χ3n) is 5.77. The van der Waals surface area contributed by atoms with Crippen LogP contribution in [0.25, 0.3) is 28.3 Å². The van der Waals surface area contributed by atoms with E-state index in [1.165, 1.54) is 0 Å². The Morgan fingerprint density at radius 2 is 1.91 bits per heavy atom. The maximum Gasteiger partial charge on any atom is 0.186 e. The smallest absolute Gasteiger partial charge is 0.186 e. The Balaban J connectivity index is 0.00000158. The molecule has 4 N–H and O–H groups in total. The number of aryl methyl sites for hydroxylation is 1. The number of aromatic amines is 1. The highest BCUT2D eigenvalue weighted by Gasteiger charge is 2.22. The highest BCUT2D eigenvalue weighted by molar-refractivity contribution is 6.09. The maximum atomic E-state index is 6.09. The average molecular weight is 461 g/mol. The molecule has 0 amide bonds. The molecule has 1 fully saturated rings. The summed E-state index contributed by atoms with van der Waals surface area (Å²) in [4.78, 5) is 18.2. The lowest BCUT2D eigenvalue weighted by molar-refractivity contribution is 0.410. The van der Waals surface area contributed by atoms with Crippen LogP contribution in [-0.4, -0.2) is 50.5 Å². The molecule has 8 heteroatoms. The van der Waals surface area contributed by atoms with Crippen LogP contribution in [0.5, 0.6) is 0 Å². The molecule has 1 aliphatic carbocycles. The number of nitrogens with two attached hydrogens (primary N) is 1. The van der Waals surface area contributed by atoms with Crippen molar-refractivity contribution in [3.63, 3.8) is 0 Å². The Hall–Kier alpha value is -3.39. The second-order valence-electron chi connectivity index (χ2n) is 8.17. The number of benzene rings is 1. The fourth-order valence-electron chi connectivity index (χ4n) is 4.01. The largest absolute Gasteiger partial charge is 0.367 e. The molecule has 0 bridgehead atoms. The zero-order valence-electron chi connectivity index (χ0n) is 20.8. The first kappa shape index (κ1) is 25.2. The van der Waals surface area contributed by atoms with Gasteiger partial charge in [0.15, 0.2) is 11.6 Å². The van der Waals surface area contributed by atoms with Gasteiger partial charge >= 0.3 is 0 Å². The molecular formula is C26H36N8. The van der Waals surface area contributed by atoms with Gasteiger partial charge in [-0.25, -0.2) is 15.0 Å². The molecule has 0 saturated heterocycles. The zero-order valence-corrected chi connectivity index (χ0v) is 20.8. The van der Waals surface area contributed by atoms with Crippen molar-refractivity contribution in [1.82, 2.24) is 25.1 Å². The molecule has 34 heavy (non-hydrogen) atoms. The minimum atomic E-state index is 0.291. The van der Waals surface area contributed by atoms with Gasteiger partial charge in [-0.05, 0) is 56.7 Å². The van der Waals surface area contributed by atoms with E-state index in [1.54, 1.807) is 13.2 Å². The number of nitrogens with zero attached hydrogens (tertiary/aromatic N) is 5. The first-order chi connectivity index (χ1) is 16.6. The van der Waals surface area contributed by atoms with Gasteiger partial charge in [0.25, 0.3) is 0 Å². The van der Waals surface area contributed by atoms with Crippen molar-refractivity contribution in [3.8, 4) is 22.8 Å². The summed E-state index contributed by atoms with van der Waals surface area (Å²) in [5.74, 6) is 2.75. The monoisotopic (exact) mass is 460 g/mol. The number of hydrogen-bond donors (Lipinski definition) is 3. The average Bonchev–Trinajstić information content (AvgIpc) is 3.31. The molecule has 8 nitrogen and oxygen atoms in total. The number of aliphatic imine (C=N–C) groups is 1. The summed E-state index contributed by atoms with van der Waals surface area (Å²) in [6.45, 7) is 7.89. The Morgan fingerprint density at radius 3 is 2.56 bits per heavy atom. The van der Waals surface area contributed by atoms with Crippen LogP contribution < -0.4 is 11.1 Å². The second kappa shape index (κ2) is 12.2. The van der Waals surface area contributed by atoms with Crippen molar-refractivity contribution < 1.29 is 0 Å². The Morgan fingerprint density at radius 1 is 1.15 bits per heavy atom. The van der Waals surface area contributed by atoms with Crippen molar-refractivity contribution in [2.75, 3.05) is 12.4 Å². The van der Waals surface area contributed by atoms with Gasteiger partial charge in [-0.15, -0.1) is 0 Å². The van der Waals surface area contributed by atoms with Crippen molar-refractivity contribution in [2.45, 2.75) is 65.5 Å². The van der Waals surface area contributed by atoms with E-state index < -0.39 is 0 Å². The molecule has 0 spiro atoms. The van der Waals surface area contributed by atoms with Crippen molar-refractivity contribution in [3.05, 3.63) is 47.9 Å². The molecule has 0 unspecified atom stereocenters. The Labute approximate surface area is 202 Å². The summed E-state index contributed by atoms with van der Waals surface area (Å²) >= 11 is 0. The SMILES string of the molecule is C/C=C(\C=NC)c1cccc(-c2ncc(-c3n[nH]c(C)n3)c(NC3CCC(N)CC3)n2)c1.CC. The molecule has 3 aromatic rings. The van der Waals surface area contributed by atoms with Crippen LogP contribution in [-0.2, 0) is 0 Å². The maximum absolute atomic E-state index is 6.09. The summed E-state index contributed by atoms with van der Waals surface area (Å²) in [6, 6.07) is 8.80. The molecule has 0 radical (unpaired) electrons. The van der Waals surface area contributed by atoms with E-state index in [1.807, 2.05) is 52.1 Å². The normalized spacial score (nSPS) is 18.5. The molecule has 1 saturated carbocycles. The molecule has 180 valence electrons. The van der Waals surface area contributed by atoms with Gasteiger partial charge in [0.1, 0.15) is 11.6 Å².